The summed E-state index contributed by atoms with van der Waals surface area (Å²) in [5.41, 5.74) is 4.40. The number of nitrogens with one attached hydrogen (secondary N) is 1. The maximum atomic E-state index is 14.6. The van der Waals surface area contributed by atoms with Crippen LogP contribution in [0, 0.1) is 5.82 Å². The van der Waals surface area contributed by atoms with Crippen LogP contribution in [0.4, 0.5) is 10.2 Å². The van der Waals surface area contributed by atoms with E-state index >= 15 is 0 Å². The average Bonchev–Trinajstić information content (AvgIpc) is 2.96. The van der Waals surface area contributed by atoms with Crippen LogP contribution in [0.2, 0.25) is 0 Å². The Labute approximate surface area is 177 Å². The molecular formula is C25H29FN4. The lowest BCUT2D eigenvalue weighted by Gasteiger charge is -2.31. The van der Waals surface area contributed by atoms with Crippen molar-refractivity contribution < 1.29 is 4.39 Å². The number of fused-ring (bicyclic) bond motifs is 1. The van der Waals surface area contributed by atoms with Gasteiger partial charge in [0.1, 0.15) is 17.3 Å². The number of halogens is 1. The number of anilines is 1. The largest absolute Gasteiger partial charge is 0.370 e. The van der Waals surface area contributed by atoms with Crippen LogP contribution in [-0.4, -0.2) is 34.3 Å². The SMILES string of the molecule is Fc1ccccc1-n1nc(C2CCN(Cc3ccccc3)CC2)c2c1NCCCC2. The summed E-state index contributed by atoms with van der Waals surface area (Å²) >= 11 is 0. The summed E-state index contributed by atoms with van der Waals surface area (Å²) < 4.78 is 16.4. The highest BCUT2D eigenvalue weighted by atomic mass is 19.1. The molecule has 0 bridgehead atoms. The molecule has 2 aromatic carbocycles. The van der Waals surface area contributed by atoms with E-state index in [4.69, 9.17) is 5.10 Å². The minimum absolute atomic E-state index is 0.224. The third-order valence-corrected chi connectivity index (χ3v) is 6.46. The van der Waals surface area contributed by atoms with Crippen LogP contribution in [0.5, 0.6) is 0 Å². The molecule has 30 heavy (non-hydrogen) atoms. The van der Waals surface area contributed by atoms with Crippen LogP contribution in [0.15, 0.2) is 54.6 Å². The van der Waals surface area contributed by atoms with E-state index in [9.17, 15) is 4.39 Å². The third kappa shape index (κ3) is 3.86. The molecule has 2 aliphatic rings. The fraction of sp³-hybridized carbons (Fsp3) is 0.400. The van der Waals surface area contributed by atoms with Crippen LogP contribution in [0.3, 0.4) is 0 Å². The zero-order valence-corrected chi connectivity index (χ0v) is 17.4. The number of para-hydroxylation sites is 1. The molecule has 0 atom stereocenters. The quantitative estimate of drug-likeness (QED) is 0.654. The fourth-order valence-electron chi connectivity index (χ4n) is 4.86. The Morgan fingerprint density at radius 3 is 2.53 bits per heavy atom. The maximum absolute atomic E-state index is 14.6. The van der Waals surface area contributed by atoms with Crippen molar-refractivity contribution in [1.29, 1.82) is 0 Å². The topological polar surface area (TPSA) is 33.1 Å². The second kappa shape index (κ2) is 8.60. The molecule has 4 nitrogen and oxygen atoms in total. The highest BCUT2D eigenvalue weighted by Crippen LogP contribution is 2.37. The van der Waals surface area contributed by atoms with Crippen molar-refractivity contribution >= 4 is 5.82 Å². The molecule has 1 saturated heterocycles. The molecule has 0 spiro atoms. The van der Waals surface area contributed by atoms with Crippen molar-refractivity contribution in [1.82, 2.24) is 14.7 Å². The highest BCUT2D eigenvalue weighted by molar-refractivity contribution is 5.55. The van der Waals surface area contributed by atoms with Gasteiger partial charge in [-0.15, -0.1) is 0 Å². The first kappa shape index (κ1) is 19.3. The van der Waals surface area contributed by atoms with Gasteiger partial charge in [0.25, 0.3) is 0 Å². The van der Waals surface area contributed by atoms with E-state index in [0.717, 1.165) is 64.1 Å². The summed E-state index contributed by atoms with van der Waals surface area (Å²) in [6, 6.07) is 17.6. The standard InChI is InChI=1S/C25H29FN4/c26-22-11-4-5-12-23(22)30-25-21(10-6-7-15-27-25)24(28-30)20-13-16-29(17-14-20)18-19-8-2-1-3-9-19/h1-5,8-9,11-12,20,27H,6-7,10,13-18H2. The minimum Gasteiger partial charge on any atom is -0.370 e. The number of hydrogen-bond donors (Lipinski definition) is 1. The van der Waals surface area contributed by atoms with Crippen molar-refractivity contribution in [2.75, 3.05) is 25.0 Å². The van der Waals surface area contributed by atoms with Gasteiger partial charge in [0.15, 0.2) is 0 Å². The molecule has 0 radical (unpaired) electrons. The Balaban J connectivity index is 1.39. The van der Waals surface area contributed by atoms with E-state index < -0.39 is 0 Å². The highest BCUT2D eigenvalue weighted by Gasteiger charge is 2.29. The van der Waals surface area contributed by atoms with E-state index in [1.54, 1.807) is 6.07 Å². The second-order valence-corrected chi connectivity index (χ2v) is 8.50. The Hall–Kier alpha value is -2.66. The zero-order valence-electron chi connectivity index (χ0n) is 17.4. The third-order valence-electron chi connectivity index (χ3n) is 6.46. The van der Waals surface area contributed by atoms with Crippen molar-refractivity contribution in [2.24, 2.45) is 0 Å². The van der Waals surface area contributed by atoms with Gasteiger partial charge in [-0.2, -0.15) is 5.10 Å². The van der Waals surface area contributed by atoms with Gasteiger partial charge in [-0.1, -0.05) is 42.5 Å². The molecule has 1 aromatic heterocycles. The zero-order chi connectivity index (χ0) is 20.3. The summed E-state index contributed by atoms with van der Waals surface area (Å²) in [6.07, 6.45) is 5.53. The van der Waals surface area contributed by atoms with E-state index in [1.165, 1.54) is 22.9 Å². The molecule has 5 heteroatoms. The number of aromatic nitrogens is 2. The van der Waals surface area contributed by atoms with E-state index in [0.29, 0.717) is 11.6 Å². The predicted molar refractivity (Wildman–Crippen MR) is 119 cm³/mol. The summed E-state index contributed by atoms with van der Waals surface area (Å²) in [5.74, 6) is 1.22. The van der Waals surface area contributed by atoms with E-state index in [1.807, 2.05) is 16.8 Å². The van der Waals surface area contributed by atoms with Crippen molar-refractivity contribution in [3.63, 3.8) is 0 Å². The Bertz CT molecular complexity index is 990. The van der Waals surface area contributed by atoms with Crippen molar-refractivity contribution in [3.8, 4) is 5.69 Å². The molecule has 0 amide bonds. The summed E-state index contributed by atoms with van der Waals surface area (Å²) in [5, 5.41) is 8.54. The summed E-state index contributed by atoms with van der Waals surface area (Å²) in [4.78, 5) is 2.54. The summed E-state index contributed by atoms with van der Waals surface area (Å²) in [6.45, 7) is 4.08. The minimum atomic E-state index is -0.224. The molecule has 0 aliphatic carbocycles. The van der Waals surface area contributed by atoms with Gasteiger partial charge in [-0.05, 0) is 62.9 Å². The van der Waals surface area contributed by atoms with Crippen LogP contribution >= 0.6 is 0 Å². The molecule has 1 fully saturated rings. The normalized spacial score (nSPS) is 17.9. The van der Waals surface area contributed by atoms with Crippen molar-refractivity contribution in [2.45, 2.75) is 44.6 Å². The van der Waals surface area contributed by atoms with Crippen LogP contribution < -0.4 is 5.32 Å². The number of rotatable bonds is 4. The van der Waals surface area contributed by atoms with Crippen LogP contribution in [0.1, 0.15) is 48.4 Å². The van der Waals surface area contributed by atoms with E-state index in [2.05, 4.69) is 40.5 Å². The first-order valence-electron chi connectivity index (χ1n) is 11.2. The van der Waals surface area contributed by atoms with Crippen molar-refractivity contribution in [3.05, 3.63) is 77.2 Å². The first-order chi connectivity index (χ1) is 14.8. The molecule has 0 saturated carbocycles. The van der Waals surface area contributed by atoms with E-state index in [-0.39, 0.29) is 5.82 Å². The maximum Gasteiger partial charge on any atom is 0.148 e. The number of benzene rings is 2. The number of piperidine rings is 1. The number of likely N-dealkylation sites (tertiary alicyclic amines) is 1. The lowest BCUT2D eigenvalue weighted by molar-refractivity contribution is 0.203. The average molecular weight is 405 g/mol. The number of hydrogen-bond acceptors (Lipinski definition) is 3. The lowest BCUT2D eigenvalue weighted by atomic mass is 9.90. The second-order valence-electron chi connectivity index (χ2n) is 8.50. The molecule has 1 N–H and O–H groups in total. The van der Waals surface area contributed by atoms with Gasteiger partial charge in [0.2, 0.25) is 0 Å². The molecule has 3 aromatic rings. The van der Waals surface area contributed by atoms with Gasteiger partial charge in [0.05, 0.1) is 5.69 Å². The monoisotopic (exact) mass is 404 g/mol. The molecule has 156 valence electrons. The summed E-state index contributed by atoms with van der Waals surface area (Å²) in [7, 11) is 0. The molecule has 3 heterocycles. The Kier molecular flexibility index (Phi) is 5.54. The smallest absolute Gasteiger partial charge is 0.148 e. The fourth-order valence-corrected chi connectivity index (χ4v) is 4.86. The molecule has 0 unspecified atom stereocenters. The van der Waals surface area contributed by atoms with Gasteiger partial charge in [0, 0.05) is 24.6 Å². The van der Waals surface area contributed by atoms with Gasteiger partial charge >= 0.3 is 0 Å². The first-order valence-corrected chi connectivity index (χ1v) is 11.2. The molecule has 5 rings (SSSR count). The Morgan fingerprint density at radius 2 is 1.73 bits per heavy atom. The van der Waals surface area contributed by atoms with Gasteiger partial charge in [-0.3, -0.25) is 4.90 Å². The van der Waals surface area contributed by atoms with Crippen LogP contribution in [-0.2, 0) is 13.0 Å². The van der Waals surface area contributed by atoms with Gasteiger partial charge < -0.3 is 5.32 Å². The van der Waals surface area contributed by atoms with Crippen LogP contribution in [0.25, 0.3) is 5.69 Å². The number of nitrogens with zero attached hydrogens (tertiary/aromatic N) is 3. The molecular weight excluding hydrogens is 375 g/mol. The van der Waals surface area contributed by atoms with Gasteiger partial charge in [-0.25, -0.2) is 9.07 Å². The molecule has 2 aliphatic heterocycles. The lowest BCUT2D eigenvalue weighted by Crippen LogP contribution is -2.32. The predicted octanol–water partition coefficient (Wildman–Crippen LogP) is 5.14. The Morgan fingerprint density at radius 1 is 0.967 bits per heavy atom.